The molecular weight excluding hydrogens is 328 g/mol. The topological polar surface area (TPSA) is 66.9 Å². The molecule has 2 aliphatic rings. The minimum Gasteiger partial charge on any atom is -0.497 e. The number of hydrogen-bond donors (Lipinski definition) is 0. The highest BCUT2D eigenvalue weighted by Gasteiger charge is 2.49. The Balaban J connectivity index is 1.94. The summed E-state index contributed by atoms with van der Waals surface area (Å²) in [5.41, 5.74) is 0.733. The first kappa shape index (κ1) is 17.2. The number of nitrogens with zero attached hydrogens (tertiary/aromatic N) is 2. The number of ether oxygens (including phenoxy) is 1. The highest BCUT2D eigenvalue weighted by molar-refractivity contribution is 7.91. The molecule has 0 saturated carbocycles. The molecule has 1 aromatic carbocycles. The van der Waals surface area contributed by atoms with Crippen LogP contribution in [-0.4, -0.2) is 63.0 Å². The van der Waals surface area contributed by atoms with Gasteiger partial charge in [-0.2, -0.15) is 0 Å². The minimum absolute atomic E-state index is 0.0318. The maximum absolute atomic E-state index is 12.8. The predicted octanol–water partition coefficient (Wildman–Crippen LogP) is 1.17. The molecule has 2 heterocycles. The smallest absolute Gasteiger partial charge is 0.241 e. The van der Waals surface area contributed by atoms with Crippen LogP contribution in [0.25, 0.3) is 0 Å². The molecule has 24 heavy (non-hydrogen) atoms. The van der Waals surface area contributed by atoms with Gasteiger partial charge in [0, 0.05) is 18.3 Å². The third-order valence-corrected chi connectivity index (χ3v) is 6.35. The molecule has 1 amide bonds. The van der Waals surface area contributed by atoms with Crippen LogP contribution >= 0.6 is 0 Å². The molecule has 0 bridgehead atoms. The van der Waals surface area contributed by atoms with Gasteiger partial charge in [0.2, 0.25) is 5.91 Å². The van der Waals surface area contributed by atoms with Crippen LogP contribution in [0.4, 0.5) is 5.69 Å². The number of benzene rings is 1. The van der Waals surface area contributed by atoms with Crippen LogP contribution < -0.4 is 9.64 Å². The van der Waals surface area contributed by atoms with Gasteiger partial charge in [-0.1, -0.05) is 13.8 Å². The van der Waals surface area contributed by atoms with Crippen LogP contribution in [0.2, 0.25) is 0 Å². The molecule has 2 atom stereocenters. The Morgan fingerprint density at radius 3 is 2.38 bits per heavy atom. The molecule has 1 aromatic rings. The Hall–Kier alpha value is -1.60. The van der Waals surface area contributed by atoms with Crippen molar-refractivity contribution in [2.24, 2.45) is 5.92 Å². The number of piperazine rings is 1. The van der Waals surface area contributed by atoms with Gasteiger partial charge in [-0.15, -0.1) is 0 Å². The standard InChI is InChI=1S/C17H24N2O4S/c1-12(2)8-18-9-17(20)19(13-4-6-14(23-3)7-5-13)16-11-24(21,22)10-15(16)18/h4-7,12,15-16H,8-11H2,1-3H3. The zero-order chi connectivity index (χ0) is 17.5. The van der Waals surface area contributed by atoms with E-state index in [0.717, 1.165) is 12.2 Å². The van der Waals surface area contributed by atoms with Crippen molar-refractivity contribution in [1.82, 2.24) is 4.90 Å². The molecule has 6 nitrogen and oxygen atoms in total. The number of carbonyl (C=O) groups is 1. The van der Waals surface area contributed by atoms with E-state index in [2.05, 4.69) is 13.8 Å². The zero-order valence-electron chi connectivity index (χ0n) is 14.3. The number of sulfone groups is 1. The molecule has 2 aliphatic heterocycles. The normalized spacial score (nSPS) is 26.7. The van der Waals surface area contributed by atoms with Crippen molar-refractivity contribution < 1.29 is 17.9 Å². The largest absolute Gasteiger partial charge is 0.497 e. The lowest BCUT2D eigenvalue weighted by molar-refractivity contribution is -0.123. The van der Waals surface area contributed by atoms with Gasteiger partial charge in [-0.3, -0.25) is 9.69 Å². The van der Waals surface area contributed by atoms with Gasteiger partial charge in [0.25, 0.3) is 0 Å². The Bertz CT molecular complexity index is 715. The number of carbonyl (C=O) groups excluding carboxylic acids is 1. The predicted molar refractivity (Wildman–Crippen MR) is 93.1 cm³/mol. The van der Waals surface area contributed by atoms with Gasteiger partial charge in [0.15, 0.2) is 9.84 Å². The van der Waals surface area contributed by atoms with Crippen LogP contribution in [0.5, 0.6) is 5.75 Å². The molecule has 0 aliphatic carbocycles. The highest BCUT2D eigenvalue weighted by Crippen LogP contribution is 2.32. The fraction of sp³-hybridized carbons (Fsp3) is 0.588. The number of anilines is 1. The van der Waals surface area contributed by atoms with Crippen LogP contribution in [-0.2, 0) is 14.6 Å². The van der Waals surface area contributed by atoms with E-state index in [1.54, 1.807) is 24.1 Å². The minimum atomic E-state index is -3.13. The highest BCUT2D eigenvalue weighted by atomic mass is 32.2. The summed E-state index contributed by atoms with van der Waals surface area (Å²) in [7, 11) is -1.55. The lowest BCUT2D eigenvalue weighted by Crippen LogP contribution is -2.62. The van der Waals surface area contributed by atoms with E-state index < -0.39 is 9.84 Å². The molecule has 2 unspecified atom stereocenters. The summed E-state index contributed by atoms with van der Waals surface area (Å²) in [6.45, 7) is 5.16. The van der Waals surface area contributed by atoms with Crippen LogP contribution in [0, 0.1) is 5.92 Å². The van der Waals surface area contributed by atoms with E-state index >= 15 is 0 Å². The molecule has 0 spiro atoms. The zero-order valence-corrected chi connectivity index (χ0v) is 15.1. The lowest BCUT2D eigenvalue weighted by atomic mass is 10.0. The second-order valence-corrected chi connectivity index (χ2v) is 9.15. The molecule has 2 saturated heterocycles. The Kier molecular flexibility index (Phi) is 4.57. The Labute approximate surface area is 143 Å². The Morgan fingerprint density at radius 1 is 1.17 bits per heavy atom. The number of amides is 1. The van der Waals surface area contributed by atoms with Crippen molar-refractivity contribution >= 4 is 21.4 Å². The monoisotopic (exact) mass is 352 g/mol. The summed E-state index contributed by atoms with van der Waals surface area (Å²) >= 11 is 0. The number of rotatable bonds is 4. The van der Waals surface area contributed by atoms with E-state index in [1.165, 1.54) is 0 Å². The van der Waals surface area contributed by atoms with Gasteiger partial charge in [-0.25, -0.2) is 8.42 Å². The quantitative estimate of drug-likeness (QED) is 0.814. The van der Waals surface area contributed by atoms with Gasteiger partial charge in [0.1, 0.15) is 5.75 Å². The van der Waals surface area contributed by atoms with Crippen molar-refractivity contribution in [1.29, 1.82) is 0 Å². The average Bonchev–Trinajstić information content (AvgIpc) is 2.82. The fourth-order valence-electron chi connectivity index (χ4n) is 3.71. The number of fused-ring (bicyclic) bond motifs is 1. The maximum atomic E-state index is 12.8. The van der Waals surface area contributed by atoms with Crippen molar-refractivity contribution in [3.63, 3.8) is 0 Å². The van der Waals surface area contributed by atoms with Crippen molar-refractivity contribution in [2.45, 2.75) is 25.9 Å². The first-order valence-electron chi connectivity index (χ1n) is 8.21. The molecule has 0 radical (unpaired) electrons. The lowest BCUT2D eigenvalue weighted by Gasteiger charge is -2.44. The van der Waals surface area contributed by atoms with E-state index in [-0.39, 0.29) is 36.0 Å². The van der Waals surface area contributed by atoms with Gasteiger partial charge < -0.3 is 9.64 Å². The van der Waals surface area contributed by atoms with Gasteiger partial charge >= 0.3 is 0 Å². The third kappa shape index (κ3) is 3.28. The summed E-state index contributed by atoms with van der Waals surface area (Å²) < 4.78 is 29.6. The summed E-state index contributed by atoms with van der Waals surface area (Å²) in [4.78, 5) is 16.5. The maximum Gasteiger partial charge on any atom is 0.241 e. The molecule has 2 fully saturated rings. The molecule has 3 rings (SSSR count). The van der Waals surface area contributed by atoms with Gasteiger partial charge in [-0.05, 0) is 30.2 Å². The molecule has 0 aromatic heterocycles. The van der Waals surface area contributed by atoms with Crippen LogP contribution in [0.15, 0.2) is 24.3 Å². The fourth-order valence-corrected chi connectivity index (χ4v) is 5.69. The van der Waals surface area contributed by atoms with E-state index in [9.17, 15) is 13.2 Å². The first-order valence-corrected chi connectivity index (χ1v) is 10.0. The van der Waals surface area contributed by atoms with Gasteiger partial charge in [0.05, 0.1) is 31.2 Å². The number of methoxy groups -OCH3 is 1. The summed E-state index contributed by atoms with van der Waals surface area (Å²) in [5, 5.41) is 0. The van der Waals surface area contributed by atoms with Crippen molar-refractivity contribution in [3.8, 4) is 5.75 Å². The molecule has 0 N–H and O–H groups in total. The SMILES string of the molecule is COc1ccc(N2C(=O)CN(CC(C)C)C3CS(=O)(=O)CC32)cc1. The number of hydrogen-bond acceptors (Lipinski definition) is 5. The van der Waals surface area contributed by atoms with Crippen LogP contribution in [0.3, 0.4) is 0 Å². The molecule has 7 heteroatoms. The van der Waals surface area contributed by atoms with Crippen molar-refractivity contribution in [3.05, 3.63) is 24.3 Å². The second kappa shape index (κ2) is 6.37. The third-order valence-electron chi connectivity index (χ3n) is 4.65. The molecule has 132 valence electrons. The van der Waals surface area contributed by atoms with E-state index in [4.69, 9.17) is 4.74 Å². The summed E-state index contributed by atoms with van der Waals surface area (Å²) in [6, 6.07) is 6.78. The second-order valence-electron chi connectivity index (χ2n) is 7.00. The average molecular weight is 352 g/mol. The first-order chi connectivity index (χ1) is 11.3. The van der Waals surface area contributed by atoms with E-state index in [0.29, 0.717) is 11.7 Å². The van der Waals surface area contributed by atoms with Crippen molar-refractivity contribution in [2.75, 3.05) is 36.6 Å². The Morgan fingerprint density at radius 2 is 1.79 bits per heavy atom. The van der Waals surface area contributed by atoms with Crippen LogP contribution in [0.1, 0.15) is 13.8 Å². The molecular formula is C17H24N2O4S. The summed E-state index contributed by atoms with van der Waals surface area (Å²) in [5.74, 6) is 1.21. The van der Waals surface area contributed by atoms with E-state index in [1.807, 2.05) is 17.0 Å². The summed E-state index contributed by atoms with van der Waals surface area (Å²) in [6.07, 6.45) is 0.